The molecule has 1 aliphatic heterocycles. The molecule has 1 heterocycles. The molecule has 0 aromatic heterocycles. The van der Waals surface area contributed by atoms with Gasteiger partial charge in [0.1, 0.15) is 5.54 Å². The Balaban J connectivity index is 2.01. The van der Waals surface area contributed by atoms with Gasteiger partial charge < -0.3 is 10.5 Å². The minimum Gasteiger partial charge on any atom is -0.465 e. The minimum atomic E-state index is -0.766. The van der Waals surface area contributed by atoms with Crippen molar-refractivity contribution in [2.45, 2.75) is 50.7 Å². The van der Waals surface area contributed by atoms with Gasteiger partial charge in [-0.2, -0.15) is 0 Å². The van der Waals surface area contributed by atoms with Gasteiger partial charge in [-0.05, 0) is 33.1 Å². The van der Waals surface area contributed by atoms with E-state index >= 15 is 0 Å². The standard InChI is InChI=1S/C11H20N2O2/c1-3-15-10(14)11(12)6-8(2)13(7-11)9-4-5-9/h8-9H,3-7,12H2,1-2H3. The third-order valence-corrected chi connectivity index (χ3v) is 3.39. The molecule has 2 N–H and O–H groups in total. The Morgan fingerprint density at radius 2 is 2.27 bits per heavy atom. The van der Waals surface area contributed by atoms with E-state index in [0.29, 0.717) is 25.2 Å². The number of carbonyl (C=O) groups excluding carboxylic acids is 1. The lowest BCUT2D eigenvalue weighted by molar-refractivity contribution is -0.149. The van der Waals surface area contributed by atoms with Crippen molar-refractivity contribution >= 4 is 5.97 Å². The van der Waals surface area contributed by atoms with Gasteiger partial charge in [-0.15, -0.1) is 0 Å². The molecule has 15 heavy (non-hydrogen) atoms. The highest BCUT2D eigenvalue weighted by Gasteiger charge is 2.49. The fourth-order valence-electron chi connectivity index (χ4n) is 2.51. The van der Waals surface area contributed by atoms with Crippen molar-refractivity contribution in [3.63, 3.8) is 0 Å². The molecule has 1 aliphatic carbocycles. The van der Waals surface area contributed by atoms with E-state index < -0.39 is 5.54 Å². The van der Waals surface area contributed by atoms with Crippen molar-refractivity contribution in [1.82, 2.24) is 4.90 Å². The molecule has 0 bridgehead atoms. The van der Waals surface area contributed by atoms with Crippen molar-refractivity contribution in [2.75, 3.05) is 13.2 Å². The monoisotopic (exact) mass is 212 g/mol. The summed E-state index contributed by atoms with van der Waals surface area (Å²) in [4.78, 5) is 14.1. The highest BCUT2D eigenvalue weighted by molar-refractivity contribution is 5.81. The van der Waals surface area contributed by atoms with Gasteiger partial charge >= 0.3 is 5.97 Å². The molecule has 0 amide bonds. The Bertz CT molecular complexity index is 265. The van der Waals surface area contributed by atoms with Gasteiger partial charge in [0.15, 0.2) is 0 Å². The van der Waals surface area contributed by atoms with E-state index in [1.54, 1.807) is 0 Å². The highest BCUT2D eigenvalue weighted by atomic mass is 16.5. The summed E-state index contributed by atoms with van der Waals surface area (Å²) in [5, 5.41) is 0. The van der Waals surface area contributed by atoms with Crippen molar-refractivity contribution in [3.8, 4) is 0 Å². The SMILES string of the molecule is CCOC(=O)C1(N)CC(C)N(C2CC2)C1. The van der Waals surface area contributed by atoms with E-state index in [9.17, 15) is 4.79 Å². The maximum absolute atomic E-state index is 11.7. The topological polar surface area (TPSA) is 55.6 Å². The summed E-state index contributed by atoms with van der Waals surface area (Å²) in [6, 6.07) is 1.08. The Kier molecular flexibility index (Phi) is 2.73. The van der Waals surface area contributed by atoms with Gasteiger partial charge in [0.05, 0.1) is 6.61 Å². The molecule has 0 aromatic carbocycles. The quantitative estimate of drug-likeness (QED) is 0.692. The molecule has 0 radical (unpaired) electrons. The van der Waals surface area contributed by atoms with Crippen molar-refractivity contribution < 1.29 is 9.53 Å². The van der Waals surface area contributed by atoms with Crippen LogP contribution in [0, 0.1) is 0 Å². The van der Waals surface area contributed by atoms with E-state index in [1.807, 2.05) is 6.92 Å². The number of esters is 1. The molecule has 2 aliphatic rings. The molecule has 2 unspecified atom stereocenters. The first-order valence-electron chi connectivity index (χ1n) is 5.78. The number of nitrogens with zero attached hydrogens (tertiary/aromatic N) is 1. The summed E-state index contributed by atoms with van der Waals surface area (Å²) >= 11 is 0. The molecule has 2 atom stereocenters. The zero-order valence-corrected chi connectivity index (χ0v) is 9.53. The molecule has 0 spiro atoms. The largest absolute Gasteiger partial charge is 0.465 e. The summed E-state index contributed by atoms with van der Waals surface area (Å²) in [7, 11) is 0. The number of likely N-dealkylation sites (tertiary alicyclic amines) is 1. The minimum absolute atomic E-state index is 0.236. The zero-order valence-electron chi connectivity index (χ0n) is 9.53. The second-order valence-electron chi connectivity index (χ2n) is 4.83. The van der Waals surface area contributed by atoms with E-state index in [-0.39, 0.29) is 5.97 Å². The van der Waals surface area contributed by atoms with E-state index in [4.69, 9.17) is 10.5 Å². The zero-order chi connectivity index (χ0) is 11.1. The molecule has 1 saturated heterocycles. The van der Waals surface area contributed by atoms with Gasteiger partial charge in [0, 0.05) is 18.6 Å². The average molecular weight is 212 g/mol. The Morgan fingerprint density at radius 3 is 2.80 bits per heavy atom. The average Bonchev–Trinajstić information content (AvgIpc) is 2.94. The van der Waals surface area contributed by atoms with Crippen LogP contribution in [0.5, 0.6) is 0 Å². The van der Waals surface area contributed by atoms with Gasteiger partial charge in [-0.1, -0.05) is 0 Å². The Morgan fingerprint density at radius 1 is 1.60 bits per heavy atom. The maximum atomic E-state index is 11.7. The molecule has 4 heteroatoms. The summed E-state index contributed by atoms with van der Waals surface area (Å²) in [6.45, 7) is 5.04. The normalized spacial score (nSPS) is 36.9. The number of rotatable bonds is 3. The van der Waals surface area contributed by atoms with Crippen LogP contribution in [0.4, 0.5) is 0 Å². The number of hydrogen-bond donors (Lipinski definition) is 1. The third-order valence-electron chi connectivity index (χ3n) is 3.39. The molecule has 2 fully saturated rings. The van der Waals surface area contributed by atoms with Crippen molar-refractivity contribution in [2.24, 2.45) is 5.73 Å². The van der Waals surface area contributed by atoms with Crippen LogP contribution in [-0.2, 0) is 9.53 Å². The van der Waals surface area contributed by atoms with Crippen LogP contribution in [0.1, 0.15) is 33.1 Å². The fraction of sp³-hybridized carbons (Fsp3) is 0.909. The first kappa shape index (κ1) is 10.9. The molecule has 2 rings (SSSR count). The number of hydrogen-bond acceptors (Lipinski definition) is 4. The highest BCUT2D eigenvalue weighted by Crippen LogP contribution is 2.36. The van der Waals surface area contributed by atoms with Crippen LogP contribution in [0.15, 0.2) is 0 Å². The van der Waals surface area contributed by atoms with Crippen molar-refractivity contribution in [3.05, 3.63) is 0 Å². The van der Waals surface area contributed by atoms with Crippen LogP contribution in [-0.4, -0.2) is 41.6 Å². The summed E-state index contributed by atoms with van der Waals surface area (Å²) in [5.74, 6) is -0.236. The molecule has 86 valence electrons. The van der Waals surface area contributed by atoms with Crippen molar-refractivity contribution in [1.29, 1.82) is 0 Å². The Labute approximate surface area is 90.8 Å². The first-order chi connectivity index (χ1) is 7.07. The Hall–Kier alpha value is -0.610. The van der Waals surface area contributed by atoms with Crippen LogP contribution in [0.25, 0.3) is 0 Å². The summed E-state index contributed by atoms with van der Waals surface area (Å²) in [5.41, 5.74) is 5.35. The lowest BCUT2D eigenvalue weighted by Crippen LogP contribution is -2.51. The predicted octanol–water partition coefficient (Wildman–Crippen LogP) is 0.504. The second-order valence-corrected chi connectivity index (χ2v) is 4.83. The smallest absolute Gasteiger partial charge is 0.327 e. The second kappa shape index (κ2) is 3.76. The third kappa shape index (κ3) is 2.01. The maximum Gasteiger partial charge on any atom is 0.327 e. The molecule has 0 aromatic rings. The fourth-order valence-corrected chi connectivity index (χ4v) is 2.51. The lowest BCUT2D eigenvalue weighted by atomic mass is 9.98. The molecular formula is C11H20N2O2. The molecule has 4 nitrogen and oxygen atoms in total. The predicted molar refractivity (Wildman–Crippen MR) is 57.4 cm³/mol. The van der Waals surface area contributed by atoms with Crippen LogP contribution in [0.2, 0.25) is 0 Å². The van der Waals surface area contributed by atoms with Gasteiger partial charge in [0.2, 0.25) is 0 Å². The molecule has 1 saturated carbocycles. The molecular weight excluding hydrogens is 192 g/mol. The van der Waals surface area contributed by atoms with Crippen LogP contribution >= 0.6 is 0 Å². The number of carbonyl (C=O) groups is 1. The summed E-state index contributed by atoms with van der Waals surface area (Å²) in [6.07, 6.45) is 3.23. The van der Waals surface area contributed by atoms with E-state index in [2.05, 4.69) is 11.8 Å². The van der Waals surface area contributed by atoms with Crippen LogP contribution in [0.3, 0.4) is 0 Å². The number of nitrogens with two attached hydrogens (primary N) is 1. The van der Waals surface area contributed by atoms with E-state index in [1.165, 1.54) is 12.8 Å². The summed E-state index contributed by atoms with van der Waals surface area (Å²) < 4.78 is 5.04. The van der Waals surface area contributed by atoms with Gasteiger partial charge in [-0.25, -0.2) is 0 Å². The first-order valence-corrected chi connectivity index (χ1v) is 5.78. The van der Waals surface area contributed by atoms with Crippen LogP contribution < -0.4 is 5.73 Å². The lowest BCUT2D eigenvalue weighted by Gasteiger charge is -2.22. The number of ether oxygens (including phenoxy) is 1. The van der Waals surface area contributed by atoms with Gasteiger partial charge in [0.25, 0.3) is 0 Å². The van der Waals surface area contributed by atoms with E-state index in [0.717, 1.165) is 6.42 Å². The van der Waals surface area contributed by atoms with Gasteiger partial charge in [-0.3, -0.25) is 9.69 Å².